The van der Waals surface area contributed by atoms with Gasteiger partial charge >= 0.3 is 11.9 Å². The van der Waals surface area contributed by atoms with E-state index in [4.69, 9.17) is 19.5 Å². The molecule has 0 bridgehead atoms. The van der Waals surface area contributed by atoms with Gasteiger partial charge in [0.15, 0.2) is 16.8 Å². The number of nitrogens with zero attached hydrogens (tertiary/aromatic N) is 4. The Hall–Kier alpha value is -5.55. The Morgan fingerprint density at radius 1 is 0.800 bits per heavy atom. The van der Waals surface area contributed by atoms with Gasteiger partial charge in [-0.15, -0.1) is 5.10 Å². The molecule has 0 atom stereocenters. The van der Waals surface area contributed by atoms with Crippen molar-refractivity contribution in [3.8, 4) is 0 Å². The van der Waals surface area contributed by atoms with Crippen LogP contribution in [0.15, 0.2) is 130 Å². The Labute approximate surface area is 264 Å². The fourth-order valence-corrected chi connectivity index (χ4v) is 5.12. The molecule has 1 saturated heterocycles. The van der Waals surface area contributed by atoms with Crippen molar-refractivity contribution in [2.45, 2.75) is 13.8 Å². The van der Waals surface area contributed by atoms with Crippen LogP contribution in [-0.4, -0.2) is 47.0 Å². The number of ketones is 1. The molecule has 5 rings (SSSR count). The van der Waals surface area contributed by atoms with Crippen LogP contribution in [0.5, 0.6) is 0 Å². The van der Waals surface area contributed by atoms with Gasteiger partial charge in [-0.05, 0) is 98.4 Å². The second-order valence-corrected chi connectivity index (χ2v) is 10.3. The summed E-state index contributed by atoms with van der Waals surface area (Å²) in [5, 5.41) is 5.63. The zero-order valence-corrected chi connectivity index (χ0v) is 25.4. The van der Waals surface area contributed by atoms with Crippen molar-refractivity contribution >= 4 is 62.6 Å². The number of allylic oxidation sites excluding steroid dienone is 5. The highest BCUT2D eigenvalue weighted by molar-refractivity contribution is 8.29. The van der Waals surface area contributed by atoms with E-state index >= 15 is 0 Å². The average Bonchev–Trinajstić information content (AvgIpc) is 3.39. The molecule has 10 nitrogen and oxygen atoms in total. The van der Waals surface area contributed by atoms with E-state index in [1.165, 1.54) is 24.0 Å². The van der Waals surface area contributed by atoms with Crippen molar-refractivity contribution in [3.05, 3.63) is 126 Å². The van der Waals surface area contributed by atoms with E-state index in [0.29, 0.717) is 44.1 Å². The SMILES string of the molecule is CCOC(=O)c1ccc(N=C2SC(=NNC=C3C=CC=CC3=O)N(c3ccccc3)C2=Nc2ccc(C(=O)OCC)cc2)cc1. The third kappa shape index (κ3) is 7.70. The number of carbonyl (C=O) groups is 3. The van der Waals surface area contributed by atoms with Crippen molar-refractivity contribution in [1.29, 1.82) is 0 Å². The molecule has 1 aliphatic carbocycles. The molecule has 0 saturated carbocycles. The Morgan fingerprint density at radius 2 is 1.38 bits per heavy atom. The summed E-state index contributed by atoms with van der Waals surface area (Å²) in [4.78, 5) is 48.2. The highest BCUT2D eigenvalue weighted by Crippen LogP contribution is 2.33. The predicted octanol–water partition coefficient (Wildman–Crippen LogP) is 6.49. The molecule has 0 amide bonds. The van der Waals surface area contributed by atoms with Crippen molar-refractivity contribution in [2.75, 3.05) is 18.1 Å². The van der Waals surface area contributed by atoms with Crippen molar-refractivity contribution in [3.63, 3.8) is 0 Å². The maximum absolute atomic E-state index is 12.2. The normalized spacial score (nSPS) is 17.8. The molecule has 3 aromatic rings. The number of aliphatic imine (C=N–C) groups is 2. The maximum Gasteiger partial charge on any atom is 0.338 e. The Bertz CT molecular complexity index is 1760. The summed E-state index contributed by atoms with van der Waals surface area (Å²) in [6.07, 6.45) is 8.18. The highest BCUT2D eigenvalue weighted by Gasteiger charge is 2.35. The summed E-state index contributed by atoms with van der Waals surface area (Å²) >= 11 is 1.28. The summed E-state index contributed by atoms with van der Waals surface area (Å²) in [5.41, 5.74) is 6.14. The van der Waals surface area contributed by atoms with Crippen LogP contribution in [0.1, 0.15) is 34.6 Å². The van der Waals surface area contributed by atoms with Crippen LogP contribution in [0, 0.1) is 0 Å². The second kappa shape index (κ2) is 14.8. The first kappa shape index (κ1) is 30.9. The monoisotopic (exact) mass is 619 g/mol. The zero-order valence-electron chi connectivity index (χ0n) is 24.5. The Morgan fingerprint density at radius 3 is 1.96 bits per heavy atom. The second-order valence-electron chi connectivity index (χ2n) is 9.37. The Kier molecular flexibility index (Phi) is 10.1. The van der Waals surface area contributed by atoms with Crippen molar-refractivity contribution in [2.24, 2.45) is 15.1 Å². The number of ether oxygens (including phenoxy) is 2. The molecular weight excluding hydrogens is 590 g/mol. The van der Waals surface area contributed by atoms with Crippen LogP contribution >= 0.6 is 11.8 Å². The molecule has 0 aromatic heterocycles. The van der Waals surface area contributed by atoms with Crippen LogP contribution in [0.4, 0.5) is 17.1 Å². The number of carbonyl (C=O) groups excluding carboxylic acids is 3. The number of thioether (sulfide) groups is 1. The summed E-state index contributed by atoms with van der Waals surface area (Å²) in [6.45, 7) is 4.07. The van der Waals surface area contributed by atoms with E-state index in [9.17, 15) is 14.4 Å². The third-order valence-electron chi connectivity index (χ3n) is 6.32. The summed E-state index contributed by atoms with van der Waals surface area (Å²) in [7, 11) is 0. The van der Waals surface area contributed by atoms with Crippen LogP contribution in [0.25, 0.3) is 0 Å². The summed E-state index contributed by atoms with van der Waals surface area (Å²) < 4.78 is 10.2. The van der Waals surface area contributed by atoms with Gasteiger partial charge in [-0.25, -0.2) is 19.6 Å². The molecule has 3 aromatic carbocycles. The number of nitrogens with one attached hydrogen (secondary N) is 1. The molecule has 2 aliphatic rings. The standard InChI is InChI=1S/C34H29N5O5S/c1-3-43-32(41)23-14-18-26(19-15-23)36-30-31(37-27-20-16-24(17-21-27)33(42)44-4-2)45-34(39(30)28-11-6-5-7-12-28)38-35-22-25-10-8-9-13-29(25)40/h5-22,35H,3-4H2,1-2H3. The number of para-hydroxylation sites is 1. The molecule has 0 unspecified atom stereocenters. The lowest BCUT2D eigenvalue weighted by atomic mass is 10.1. The van der Waals surface area contributed by atoms with Crippen LogP contribution in [0.3, 0.4) is 0 Å². The van der Waals surface area contributed by atoms with Crippen molar-refractivity contribution in [1.82, 2.24) is 5.43 Å². The van der Waals surface area contributed by atoms with Crippen LogP contribution in [0.2, 0.25) is 0 Å². The number of rotatable bonds is 9. The van der Waals surface area contributed by atoms with Gasteiger partial charge < -0.3 is 9.47 Å². The van der Waals surface area contributed by atoms with Crippen LogP contribution < -0.4 is 10.3 Å². The number of amidine groups is 2. The van der Waals surface area contributed by atoms with E-state index in [1.54, 1.807) is 80.6 Å². The first-order valence-electron chi connectivity index (χ1n) is 14.1. The minimum Gasteiger partial charge on any atom is -0.462 e. The average molecular weight is 620 g/mol. The van der Waals surface area contributed by atoms with Gasteiger partial charge in [0.1, 0.15) is 5.04 Å². The minimum atomic E-state index is -0.413. The van der Waals surface area contributed by atoms with Crippen molar-refractivity contribution < 1.29 is 23.9 Å². The molecule has 45 heavy (non-hydrogen) atoms. The number of anilines is 1. The number of esters is 2. The number of hydrogen-bond donors (Lipinski definition) is 1. The quantitative estimate of drug-likeness (QED) is 0.164. The first-order valence-corrected chi connectivity index (χ1v) is 15.0. The zero-order chi connectivity index (χ0) is 31.6. The molecule has 1 aliphatic heterocycles. The topological polar surface area (TPSA) is 122 Å². The smallest absolute Gasteiger partial charge is 0.338 e. The van der Waals surface area contributed by atoms with E-state index in [2.05, 4.69) is 10.5 Å². The van der Waals surface area contributed by atoms with Gasteiger partial charge in [-0.3, -0.25) is 15.1 Å². The lowest BCUT2D eigenvalue weighted by Gasteiger charge is -2.18. The molecule has 1 N–H and O–H groups in total. The molecule has 0 spiro atoms. The van der Waals surface area contributed by atoms with Gasteiger partial charge in [0.2, 0.25) is 0 Å². The molecule has 11 heteroatoms. The lowest BCUT2D eigenvalue weighted by Crippen LogP contribution is -2.31. The number of benzene rings is 3. The summed E-state index contributed by atoms with van der Waals surface area (Å²) in [6, 6.07) is 23.1. The summed E-state index contributed by atoms with van der Waals surface area (Å²) in [5.74, 6) is -0.475. The maximum atomic E-state index is 12.2. The van der Waals surface area contributed by atoms with E-state index in [1.807, 2.05) is 35.2 Å². The third-order valence-corrected chi connectivity index (χ3v) is 7.24. The lowest BCUT2D eigenvalue weighted by molar-refractivity contribution is -0.111. The van der Waals surface area contributed by atoms with E-state index in [-0.39, 0.29) is 19.0 Å². The van der Waals surface area contributed by atoms with Gasteiger partial charge in [0.25, 0.3) is 0 Å². The molecule has 1 fully saturated rings. The first-order chi connectivity index (χ1) is 22.0. The van der Waals surface area contributed by atoms with Gasteiger partial charge in [-0.2, -0.15) is 0 Å². The molecule has 226 valence electrons. The minimum absolute atomic E-state index is 0.133. The fourth-order valence-electron chi connectivity index (χ4n) is 4.19. The molecular formula is C34H29N5O5S. The molecule has 0 radical (unpaired) electrons. The van der Waals surface area contributed by atoms with Gasteiger partial charge in [0.05, 0.1) is 35.7 Å². The molecule has 1 heterocycles. The van der Waals surface area contributed by atoms with Gasteiger partial charge in [-0.1, -0.05) is 30.4 Å². The number of hydrazone groups is 1. The van der Waals surface area contributed by atoms with Crippen LogP contribution in [-0.2, 0) is 14.3 Å². The number of hydrogen-bond acceptors (Lipinski definition) is 10. The van der Waals surface area contributed by atoms with E-state index in [0.717, 1.165) is 5.69 Å². The fraction of sp³-hybridized carbons (Fsp3) is 0.118. The predicted molar refractivity (Wildman–Crippen MR) is 177 cm³/mol. The Balaban J connectivity index is 1.57. The van der Waals surface area contributed by atoms with Gasteiger partial charge in [0, 0.05) is 17.5 Å². The largest absolute Gasteiger partial charge is 0.462 e. The van der Waals surface area contributed by atoms with E-state index < -0.39 is 11.9 Å². The highest BCUT2D eigenvalue weighted by atomic mass is 32.2.